The Morgan fingerprint density at radius 2 is 1.90 bits per heavy atom. The lowest BCUT2D eigenvalue weighted by molar-refractivity contribution is 0.102. The molecule has 1 N–H and O–H groups in total. The highest BCUT2D eigenvalue weighted by Gasteiger charge is 2.13. The largest absolute Gasteiger partial charge is 0.322 e. The molecular formula is C16H13ClINO. The van der Waals surface area contributed by atoms with Crippen LogP contribution in [-0.2, 0) is 12.8 Å². The van der Waals surface area contributed by atoms with E-state index in [4.69, 9.17) is 11.6 Å². The molecule has 0 atom stereocenters. The molecule has 2 aromatic rings. The number of fused-ring (bicyclic) bond motifs is 1. The van der Waals surface area contributed by atoms with Gasteiger partial charge in [0, 0.05) is 14.8 Å². The van der Waals surface area contributed by atoms with Gasteiger partial charge in [-0.15, -0.1) is 0 Å². The number of rotatable bonds is 2. The van der Waals surface area contributed by atoms with Gasteiger partial charge in [-0.2, -0.15) is 0 Å². The number of anilines is 1. The van der Waals surface area contributed by atoms with Crippen LogP contribution in [0.5, 0.6) is 0 Å². The van der Waals surface area contributed by atoms with Crippen molar-refractivity contribution in [3.63, 3.8) is 0 Å². The highest BCUT2D eigenvalue weighted by Crippen LogP contribution is 2.25. The maximum absolute atomic E-state index is 12.2. The Labute approximate surface area is 136 Å². The predicted molar refractivity (Wildman–Crippen MR) is 90.6 cm³/mol. The van der Waals surface area contributed by atoms with Gasteiger partial charge in [0.2, 0.25) is 0 Å². The van der Waals surface area contributed by atoms with E-state index in [2.05, 4.69) is 40.0 Å². The lowest BCUT2D eigenvalue weighted by Gasteiger charge is -2.08. The van der Waals surface area contributed by atoms with Crippen LogP contribution in [0.15, 0.2) is 36.4 Å². The van der Waals surface area contributed by atoms with Gasteiger partial charge in [0.15, 0.2) is 0 Å². The number of nitrogens with one attached hydrogen (secondary N) is 1. The summed E-state index contributed by atoms with van der Waals surface area (Å²) in [5.41, 5.74) is 4.19. The summed E-state index contributed by atoms with van der Waals surface area (Å²) in [6.07, 6.45) is 3.46. The van der Waals surface area contributed by atoms with E-state index in [0.29, 0.717) is 10.6 Å². The molecular weight excluding hydrogens is 385 g/mol. The standard InChI is InChI=1S/C16H13ClINO/c17-14-9-12(5-7-15(14)18)16(20)19-13-6-4-10-2-1-3-11(10)8-13/h4-9H,1-3H2,(H,19,20). The fraction of sp³-hybridized carbons (Fsp3) is 0.188. The molecule has 0 heterocycles. The molecule has 2 aromatic carbocycles. The fourth-order valence-corrected chi connectivity index (χ4v) is 3.01. The van der Waals surface area contributed by atoms with Gasteiger partial charge in [-0.25, -0.2) is 0 Å². The van der Waals surface area contributed by atoms with Crippen molar-refractivity contribution in [2.75, 3.05) is 5.32 Å². The second-order valence-corrected chi connectivity index (χ2v) is 6.49. The van der Waals surface area contributed by atoms with Crippen molar-refractivity contribution in [2.24, 2.45) is 0 Å². The third-order valence-electron chi connectivity index (χ3n) is 3.54. The van der Waals surface area contributed by atoms with E-state index in [-0.39, 0.29) is 5.91 Å². The van der Waals surface area contributed by atoms with Crippen LogP contribution in [0.1, 0.15) is 27.9 Å². The summed E-state index contributed by atoms with van der Waals surface area (Å²) in [6, 6.07) is 11.5. The number of carbonyl (C=O) groups excluding carboxylic acids is 1. The van der Waals surface area contributed by atoms with Crippen LogP contribution in [0, 0.1) is 3.57 Å². The SMILES string of the molecule is O=C(Nc1ccc2c(c1)CCC2)c1ccc(I)c(Cl)c1. The van der Waals surface area contributed by atoms with Crippen LogP contribution in [0.3, 0.4) is 0 Å². The maximum Gasteiger partial charge on any atom is 0.255 e. The number of halogens is 2. The van der Waals surface area contributed by atoms with Gasteiger partial charge in [-0.1, -0.05) is 17.7 Å². The third-order valence-corrected chi connectivity index (χ3v) is 5.11. The summed E-state index contributed by atoms with van der Waals surface area (Å²) < 4.78 is 0.943. The molecule has 1 amide bonds. The van der Waals surface area contributed by atoms with Gasteiger partial charge >= 0.3 is 0 Å². The third kappa shape index (κ3) is 2.83. The number of benzene rings is 2. The molecule has 0 saturated heterocycles. The molecule has 0 spiro atoms. The Morgan fingerprint density at radius 3 is 2.70 bits per heavy atom. The van der Waals surface area contributed by atoms with Gasteiger partial charge in [0.05, 0.1) is 5.02 Å². The van der Waals surface area contributed by atoms with E-state index in [1.807, 2.05) is 12.1 Å². The lowest BCUT2D eigenvalue weighted by atomic mass is 10.1. The van der Waals surface area contributed by atoms with Crippen LogP contribution in [0.4, 0.5) is 5.69 Å². The van der Waals surface area contributed by atoms with Gasteiger partial charge in [0.1, 0.15) is 0 Å². The summed E-state index contributed by atoms with van der Waals surface area (Å²) in [4.78, 5) is 12.2. The quantitative estimate of drug-likeness (QED) is 0.732. The summed E-state index contributed by atoms with van der Waals surface area (Å²) in [7, 11) is 0. The van der Waals surface area contributed by atoms with Crippen molar-refractivity contribution < 1.29 is 4.79 Å². The molecule has 0 aromatic heterocycles. The van der Waals surface area contributed by atoms with Crippen LogP contribution in [-0.4, -0.2) is 5.91 Å². The average Bonchev–Trinajstić information content (AvgIpc) is 2.89. The summed E-state index contributed by atoms with van der Waals surface area (Å²) in [6.45, 7) is 0. The molecule has 0 saturated carbocycles. The first kappa shape index (κ1) is 13.9. The van der Waals surface area contributed by atoms with E-state index < -0.39 is 0 Å². The molecule has 1 aliphatic carbocycles. The zero-order chi connectivity index (χ0) is 14.1. The molecule has 0 radical (unpaired) electrons. The Kier molecular flexibility index (Phi) is 3.98. The molecule has 3 rings (SSSR count). The molecule has 0 bridgehead atoms. The molecule has 0 aliphatic heterocycles. The fourth-order valence-electron chi connectivity index (χ4n) is 2.49. The minimum Gasteiger partial charge on any atom is -0.322 e. The summed E-state index contributed by atoms with van der Waals surface area (Å²) in [5, 5.41) is 3.54. The minimum absolute atomic E-state index is 0.124. The Hall–Kier alpha value is -1.07. The van der Waals surface area contributed by atoms with Gasteiger partial charge in [0.25, 0.3) is 5.91 Å². The number of carbonyl (C=O) groups is 1. The van der Waals surface area contributed by atoms with Crippen LogP contribution in [0.25, 0.3) is 0 Å². The predicted octanol–water partition coefficient (Wildman–Crippen LogP) is 4.69. The summed E-state index contributed by atoms with van der Waals surface area (Å²) >= 11 is 8.19. The summed E-state index contributed by atoms with van der Waals surface area (Å²) in [5.74, 6) is -0.124. The van der Waals surface area contributed by atoms with Crippen molar-refractivity contribution >= 4 is 45.8 Å². The Morgan fingerprint density at radius 1 is 1.10 bits per heavy atom. The maximum atomic E-state index is 12.2. The van der Waals surface area contributed by atoms with Crippen molar-refractivity contribution in [2.45, 2.75) is 19.3 Å². The number of hydrogen-bond acceptors (Lipinski definition) is 1. The van der Waals surface area contributed by atoms with E-state index >= 15 is 0 Å². The first-order valence-corrected chi connectivity index (χ1v) is 7.97. The van der Waals surface area contributed by atoms with E-state index in [1.54, 1.807) is 12.1 Å². The zero-order valence-corrected chi connectivity index (χ0v) is 13.7. The van der Waals surface area contributed by atoms with E-state index in [0.717, 1.165) is 22.1 Å². The molecule has 0 fully saturated rings. The lowest BCUT2D eigenvalue weighted by Crippen LogP contribution is -2.12. The van der Waals surface area contributed by atoms with E-state index in [1.165, 1.54) is 17.5 Å². The molecule has 20 heavy (non-hydrogen) atoms. The van der Waals surface area contributed by atoms with Crippen LogP contribution in [0.2, 0.25) is 5.02 Å². The number of aryl methyl sites for hydroxylation is 2. The first-order chi connectivity index (χ1) is 9.63. The van der Waals surface area contributed by atoms with Gasteiger partial charge < -0.3 is 5.32 Å². The molecule has 1 aliphatic rings. The highest BCUT2D eigenvalue weighted by molar-refractivity contribution is 14.1. The molecule has 0 unspecified atom stereocenters. The number of hydrogen-bond donors (Lipinski definition) is 1. The monoisotopic (exact) mass is 397 g/mol. The topological polar surface area (TPSA) is 29.1 Å². The van der Waals surface area contributed by atoms with Crippen molar-refractivity contribution in [1.82, 2.24) is 0 Å². The smallest absolute Gasteiger partial charge is 0.255 e. The average molecular weight is 398 g/mol. The molecule has 2 nitrogen and oxygen atoms in total. The molecule has 4 heteroatoms. The Balaban J connectivity index is 1.80. The zero-order valence-electron chi connectivity index (χ0n) is 10.7. The van der Waals surface area contributed by atoms with Crippen molar-refractivity contribution in [3.05, 3.63) is 61.7 Å². The Bertz CT molecular complexity index is 684. The van der Waals surface area contributed by atoms with Crippen LogP contribution < -0.4 is 5.32 Å². The second kappa shape index (κ2) is 5.74. The van der Waals surface area contributed by atoms with E-state index in [9.17, 15) is 4.79 Å². The van der Waals surface area contributed by atoms with Crippen molar-refractivity contribution in [1.29, 1.82) is 0 Å². The highest BCUT2D eigenvalue weighted by atomic mass is 127. The normalized spacial score (nSPS) is 13.1. The number of amides is 1. The van der Waals surface area contributed by atoms with Crippen LogP contribution >= 0.6 is 34.2 Å². The second-order valence-electron chi connectivity index (χ2n) is 4.92. The van der Waals surface area contributed by atoms with Gasteiger partial charge in [-0.05, 0) is 83.3 Å². The molecule has 102 valence electrons. The van der Waals surface area contributed by atoms with Crippen molar-refractivity contribution in [3.8, 4) is 0 Å². The minimum atomic E-state index is -0.124. The first-order valence-electron chi connectivity index (χ1n) is 6.52. The van der Waals surface area contributed by atoms with Gasteiger partial charge in [-0.3, -0.25) is 4.79 Å².